The summed E-state index contributed by atoms with van der Waals surface area (Å²) in [6.45, 7) is 1.19. The van der Waals surface area contributed by atoms with Gasteiger partial charge in [0.1, 0.15) is 0 Å². The topological polar surface area (TPSA) is 84.3 Å². The molecule has 18 heavy (non-hydrogen) atoms. The molecule has 1 atom stereocenters. The van der Waals surface area contributed by atoms with Crippen molar-refractivity contribution in [2.75, 3.05) is 6.54 Å². The Labute approximate surface area is 105 Å². The zero-order valence-electron chi connectivity index (χ0n) is 9.89. The summed E-state index contributed by atoms with van der Waals surface area (Å²) in [5, 5.41) is 16.5. The highest BCUT2D eigenvalue weighted by atomic mass is 16.6. The average molecular weight is 249 g/mol. The number of benzene rings is 1. The van der Waals surface area contributed by atoms with Gasteiger partial charge in [0.2, 0.25) is 5.91 Å². The van der Waals surface area contributed by atoms with Gasteiger partial charge in [-0.25, -0.2) is 0 Å². The van der Waals surface area contributed by atoms with Gasteiger partial charge in [-0.1, -0.05) is 12.1 Å². The van der Waals surface area contributed by atoms with Gasteiger partial charge in [-0.05, 0) is 18.4 Å². The maximum Gasteiger partial charge on any atom is 0.269 e. The predicted octanol–water partition coefficient (Wildman–Crippen LogP) is 0.963. The maximum absolute atomic E-state index is 11.5. The van der Waals surface area contributed by atoms with E-state index in [2.05, 4.69) is 10.6 Å². The van der Waals surface area contributed by atoms with Crippen LogP contribution in [0.4, 0.5) is 5.69 Å². The van der Waals surface area contributed by atoms with Crippen molar-refractivity contribution in [1.82, 2.24) is 10.6 Å². The molecule has 0 radical (unpaired) electrons. The second-order valence-corrected chi connectivity index (χ2v) is 4.29. The molecule has 2 N–H and O–H groups in total. The molecular formula is C12H15N3O3. The largest absolute Gasteiger partial charge is 0.355 e. The molecule has 1 aliphatic heterocycles. The van der Waals surface area contributed by atoms with Crippen molar-refractivity contribution in [3.8, 4) is 0 Å². The summed E-state index contributed by atoms with van der Waals surface area (Å²) in [5.74, 6) is 0.00619. The summed E-state index contributed by atoms with van der Waals surface area (Å²) in [5.41, 5.74) is 0.880. The van der Waals surface area contributed by atoms with Gasteiger partial charge in [-0.2, -0.15) is 0 Å². The SMILES string of the molecule is O=C1NCCCC1NCc1cccc([N+](=O)[O-])c1. The van der Waals surface area contributed by atoms with E-state index in [-0.39, 0.29) is 17.6 Å². The molecule has 2 rings (SSSR count). The standard InChI is InChI=1S/C12H15N3O3/c16-12-11(5-2-6-13-12)14-8-9-3-1-4-10(7-9)15(17)18/h1,3-4,7,11,14H,2,5-6,8H2,(H,13,16). The molecule has 0 saturated carbocycles. The van der Waals surface area contributed by atoms with Gasteiger partial charge in [-0.15, -0.1) is 0 Å². The van der Waals surface area contributed by atoms with Gasteiger partial charge in [0.05, 0.1) is 11.0 Å². The Kier molecular flexibility index (Phi) is 3.88. The Morgan fingerprint density at radius 2 is 2.33 bits per heavy atom. The number of carbonyl (C=O) groups is 1. The van der Waals surface area contributed by atoms with Crippen LogP contribution in [0.1, 0.15) is 18.4 Å². The van der Waals surface area contributed by atoms with Gasteiger partial charge < -0.3 is 10.6 Å². The van der Waals surface area contributed by atoms with E-state index in [0.29, 0.717) is 6.54 Å². The number of rotatable bonds is 4. The normalized spacial score (nSPS) is 19.3. The molecule has 0 aliphatic carbocycles. The van der Waals surface area contributed by atoms with Crippen molar-refractivity contribution in [2.24, 2.45) is 0 Å². The minimum absolute atomic E-state index is 0.00619. The van der Waals surface area contributed by atoms with E-state index >= 15 is 0 Å². The van der Waals surface area contributed by atoms with Crippen molar-refractivity contribution < 1.29 is 9.72 Å². The molecule has 0 spiro atoms. The minimum Gasteiger partial charge on any atom is -0.355 e. The van der Waals surface area contributed by atoms with Crippen molar-refractivity contribution in [1.29, 1.82) is 0 Å². The number of nitrogens with zero attached hydrogens (tertiary/aromatic N) is 1. The van der Waals surface area contributed by atoms with Crippen LogP contribution in [-0.4, -0.2) is 23.4 Å². The molecule has 96 valence electrons. The molecule has 1 aromatic carbocycles. The summed E-state index contributed by atoms with van der Waals surface area (Å²) < 4.78 is 0. The van der Waals surface area contributed by atoms with Crippen molar-refractivity contribution in [3.05, 3.63) is 39.9 Å². The first kappa shape index (κ1) is 12.5. The van der Waals surface area contributed by atoms with Crippen molar-refractivity contribution in [2.45, 2.75) is 25.4 Å². The number of non-ortho nitro benzene ring substituents is 1. The number of nitro benzene ring substituents is 1. The van der Waals surface area contributed by atoms with Gasteiger partial charge in [0, 0.05) is 25.2 Å². The highest BCUT2D eigenvalue weighted by Crippen LogP contribution is 2.13. The molecule has 1 amide bonds. The molecular weight excluding hydrogens is 234 g/mol. The number of piperidine rings is 1. The highest BCUT2D eigenvalue weighted by molar-refractivity contribution is 5.82. The third-order valence-corrected chi connectivity index (χ3v) is 2.96. The monoisotopic (exact) mass is 249 g/mol. The van der Waals surface area contributed by atoms with Crippen LogP contribution >= 0.6 is 0 Å². The van der Waals surface area contributed by atoms with E-state index in [1.807, 2.05) is 0 Å². The molecule has 1 saturated heterocycles. The molecule has 1 unspecified atom stereocenters. The zero-order chi connectivity index (χ0) is 13.0. The van der Waals surface area contributed by atoms with E-state index in [9.17, 15) is 14.9 Å². The Morgan fingerprint density at radius 1 is 1.50 bits per heavy atom. The van der Waals surface area contributed by atoms with Crippen molar-refractivity contribution >= 4 is 11.6 Å². The smallest absolute Gasteiger partial charge is 0.269 e. The van der Waals surface area contributed by atoms with E-state index in [0.717, 1.165) is 24.9 Å². The van der Waals surface area contributed by atoms with Crippen LogP contribution in [-0.2, 0) is 11.3 Å². The van der Waals surface area contributed by atoms with Gasteiger partial charge in [0.25, 0.3) is 5.69 Å². The number of hydrogen-bond acceptors (Lipinski definition) is 4. The first-order valence-electron chi connectivity index (χ1n) is 5.91. The first-order chi connectivity index (χ1) is 8.66. The summed E-state index contributed by atoms with van der Waals surface area (Å²) >= 11 is 0. The second-order valence-electron chi connectivity index (χ2n) is 4.29. The zero-order valence-corrected chi connectivity index (χ0v) is 9.89. The molecule has 6 nitrogen and oxygen atoms in total. The summed E-state index contributed by atoms with van der Waals surface area (Å²) in [6.07, 6.45) is 1.76. The fourth-order valence-electron chi connectivity index (χ4n) is 1.99. The number of amides is 1. The van der Waals surface area contributed by atoms with E-state index in [1.54, 1.807) is 12.1 Å². The fraction of sp³-hybridized carbons (Fsp3) is 0.417. The molecule has 1 heterocycles. The van der Waals surface area contributed by atoms with Gasteiger partial charge >= 0.3 is 0 Å². The van der Waals surface area contributed by atoms with Crippen LogP contribution in [0.2, 0.25) is 0 Å². The Hall–Kier alpha value is -1.95. The Balaban J connectivity index is 1.95. The Morgan fingerprint density at radius 3 is 3.06 bits per heavy atom. The fourth-order valence-corrected chi connectivity index (χ4v) is 1.99. The third-order valence-electron chi connectivity index (χ3n) is 2.96. The molecule has 6 heteroatoms. The van der Waals surface area contributed by atoms with Crippen LogP contribution in [0.5, 0.6) is 0 Å². The van der Waals surface area contributed by atoms with Crippen LogP contribution in [0.15, 0.2) is 24.3 Å². The molecule has 1 aromatic rings. The average Bonchev–Trinajstić information content (AvgIpc) is 2.38. The molecule has 1 fully saturated rings. The first-order valence-corrected chi connectivity index (χ1v) is 5.91. The molecule has 0 aromatic heterocycles. The summed E-state index contributed by atoms with van der Waals surface area (Å²) in [7, 11) is 0. The van der Waals surface area contributed by atoms with Crippen molar-refractivity contribution in [3.63, 3.8) is 0 Å². The molecule has 1 aliphatic rings. The minimum atomic E-state index is -0.420. The molecule has 0 bridgehead atoms. The lowest BCUT2D eigenvalue weighted by Gasteiger charge is -2.22. The number of carbonyl (C=O) groups excluding carboxylic acids is 1. The van der Waals surface area contributed by atoms with Gasteiger partial charge in [-0.3, -0.25) is 14.9 Å². The van der Waals surface area contributed by atoms with Crippen LogP contribution < -0.4 is 10.6 Å². The van der Waals surface area contributed by atoms with E-state index in [4.69, 9.17) is 0 Å². The van der Waals surface area contributed by atoms with E-state index < -0.39 is 4.92 Å². The summed E-state index contributed by atoms with van der Waals surface area (Å²) in [6, 6.07) is 6.24. The third kappa shape index (κ3) is 3.04. The van der Waals surface area contributed by atoms with Crippen LogP contribution in [0, 0.1) is 10.1 Å². The van der Waals surface area contributed by atoms with Crippen LogP contribution in [0.25, 0.3) is 0 Å². The lowest BCUT2D eigenvalue weighted by molar-refractivity contribution is -0.384. The summed E-state index contributed by atoms with van der Waals surface area (Å²) in [4.78, 5) is 21.7. The van der Waals surface area contributed by atoms with Crippen LogP contribution in [0.3, 0.4) is 0 Å². The number of hydrogen-bond donors (Lipinski definition) is 2. The number of nitro groups is 1. The quantitative estimate of drug-likeness (QED) is 0.615. The number of nitrogens with one attached hydrogen (secondary N) is 2. The lowest BCUT2D eigenvalue weighted by Crippen LogP contribution is -2.47. The van der Waals surface area contributed by atoms with Gasteiger partial charge in [0.15, 0.2) is 0 Å². The maximum atomic E-state index is 11.5. The highest BCUT2D eigenvalue weighted by Gasteiger charge is 2.21. The predicted molar refractivity (Wildman–Crippen MR) is 66.0 cm³/mol. The van der Waals surface area contributed by atoms with E-state index in [1.165, 1.54) is 12.1 Å². The second kappa shape index (κ2) is 5.59. The Bertz CT molecular complexity index is 462. The lowest BCUT2D eigenvalue weighted by atomic mass is 10.1.